The fourth-order valence-electron chi connectivity index (χ4n) is 7.32. The Kier molecular flexibility index (Phi) is 14.5. The summed E-state index contributed by atoms with van der Waals surface area (Å²) >= 11 is 6.14. The molecule has 2 aromatic carbocycles. The van der Waals surface area contributed by atoms with E-state index in [0.29, 0.717) is 31.0 Å². The number of hydrogen-bond acceptors (Lipinski definition) is 6. The molecule has 0 saturated carbocycles. The molecule has 13 heteroatoms. The molecule has 0 radical (unpaired) electrons. The molecule has 0 aliphatic carbocycles. The lowest BCUT2D eigenvalue weighted by atomic mass is 9.80. The van der Waals surface area contributed by atoms with Gasteiger partial charge in [-0.05, 0) is 68.2 Å². The Morgan fingerprint density at radius 1 is 0.980 bits per heavy atom. The summed E-state index contributed by atoms with van der Waals surface area (Å²) in [6, 6.07) is 15.2. The molecule has 0 aromatic heterocycles. The SMILES string of the molecule is CCCCCCC1(N2CCN(C(=O)[C@@H](Cc3ccc(Cl)cc3)NC(=O)CC3NCc4ccccc43)CC2)CCN(C)CC1.O=C(O)C(F)(F)F. The fourth-order valence-corrected chi connectivity index (χ4v) is 7.44. The fraction of sp³-hybridized carbons (Fsp3) is 0.595. The third-order valence-corrected chi connectivity index (χ3v) is 10.5. The minimum Gasteiger partial charge on any atom is -0.475 e. The van der Waals surface area contributed by atoms with Gasteiger partial charge in [0, 0.05) is 62.2 Å². The molecular weight excluding hydrogens is 671 g/mol. The highest BCUT2D eigenvalue weighted by Gasteiger charge is 2.41. The van der Waals surface area contributed by atoms with Crippen molar-refractivity contribution < 1.29 is 32.7 Å². The van der Waals surface area contributed by atoms with Crippen LogP contribution in [0, 0.1) is 0 Å². The van der Waals surface area contributed by atoms with E-state index in [1.54, 1.807) is 0 Å². The maximum atomic E-state index is 14.0. The summed E-state index contributed by atoms with van der Waals surface area (Å²) in [4.78, 5) is 43.4. The Morgan fingerprint density at radius 3 is 2.24 bits per heavy atom. The summed E-state index contributed by atoms with van der Waals surface area (Å²) in [5.41, 5.74) is 3.65. The molecule has 276 valence electrons. The Labute approximate surface area is 298 Å². The van der Waals surface area contributed by atoms with Crippen molar-refractivity contribution in [2.24, 2.45) is 0 Å². The highest BCUT2D eigenvalue weighted by molar-refractivity contribution is 6.30. The Morgan fingerprint density at radius 2 is 1.62 bits per heavy atom. The molecule has 1 unspecified atom stereocenters. The van der Waals surface area contributed by atoms with Crippen LogP contribution in [0.5, 0.6) is 0 Å². The van der Waals surface area contributed by atoms with Crippen molar-refractivity contribution in [3.63, 3.8) is 0 Å². The van der Waals surface area contributed by atoms with Crippen LogP contribution in [0.1, 0.15) is 81.0 Å². The van der Waals surface area contributed by atoms with Gasteiger partial charge in [-0.25, -0.2) is 4.79 Å². The van der Waals surface area contributed by atoms with Crippen LogP contribution in [-0.4, -0.2) is 102 Å². The molecule has 9 nitrogen and oxygen atoms in total. The van der Waals surface area contributed by atoms with Gasteiger partial charge in [0.1, 0.15) is 6.04 Å². The first-order chi connectivity index (χ1) is 23.8. The summed E-state index contributed by atoms with van der Waals surface area (Å²) in [5, 5.41) is 14.4. The van der Waals surface area contributed by atoms with Gasteiger partial charge in [-0.15, -0.1) is 0 Å². The predicted molar refractivity (Wildman–Crippen MR) is 188 cm³/mol. The zero-order valence-corrected chi connectivity index (χ0v) is 29.9. The maximum absolute atomic E-state index is 14.0. The third-order valence-electron chi connectivity index (χ3n) is 10.3. The molecule has 2 amide bonds. The number of piperazine rings is 1. The average molecular weight is 722 g/mol. The second-order valence-corrected chi connectivity index (χ2v) is 14.2. The second kappa shape index (κ2) is 18.3. The van der Waals surface area contributed by atoms with E-state index in [-0.39, 0.29) is 23.4 Å². The highest BCUT2D eigenvalue weighted by atomic mass is 35.5. The van der Waals surface area contributed by atoms with Crippen molar-refractivity contribution in [2.45, 2.75) is 95.1 Å². The zero-order valence-electron chi connectivity index (χ0n) is 29.1. The number of amides is 2. The number of nitrogens with one attached hydrogen (secondary N) is 2. The number of carboxylic acid groups (broad SMARTS) is 1. The number of fused-ring (bicyclic) bond motifs is 1. The lowest BCUT2D eigenvalue weighted by molar-refractivity contribution is -0.192. The molecule has 2 aromatic rings. The van der Waals surface area contributed by atoms with Crippen LogP contribution in [0.3, 0.4) is 0 Å². The van der Waals surface area contributed by atoms with E-state index in [1.807, 2.05) is 41.3 Å². The van der Waals surface area contributed by atoms with Gasteiger partial charge in [0.25, 0.3) is 0 Å². The van der Waals surface area contributed by atoms with Crippen molar-refractivity contribution in [2.75, 3.05) is 46.3 Å². The number of piperidine rings is 1. The minimum atomic E-state index is -5.08. The van der Waals surface area contributed by atoms with Crippen LogP contribution in [0.2, 0.25) is 5.02 Å². The standard InChI is InChI=1S/C35H50ClN5O2.C2HF3O2/c1-3-4-5-8-15-35(16-18-39(2)19-17-35)41-22-20-40(21-23-41)34(43)32(24-27-11-13-29(36)14-12-27)38-33(42)25-31-30-10-7-6-9-28(30)26-37-31;3-2(4,5)1(6)7/h6-7,9-14,31-32,37H,3-5,8,15-26H2,1-2H3,(H,38,42);(H,6,7)/t31?,32-;/m1./s1. The number of aliphatic carboxylic acids is 1. The number of halogens is 4. The van der Waals surface area contributed by atoms with Gasteiger partial charge in [0.2, 0.25) is 11.8 Å². The van der Waals surface area contributed by atoms with E-state index in [1.165, 1.54) is 56.1 Å². The smallest absolute Gasteiger partial charge is 0.475 e. The normalized spacial score (nSPS) is 20.0. The molecule has 0 spiro atoms. The van der Waals surface area contributed by atoms with Crippen LogP contribution in [0.15, 0.2) is 48.5 Å². The molecule has 2 atom stereocenters. The number of alkyl halides is 3. The number of hydrogen-bond donors (Lipinski definition) is 3. The second-order valence-electron chi connectivity index (χ2n) is 13.7. The zero-order chi connectivity index (χ0) is 36.3. The molecule has 3 aliphatic rings. The van der Waals surface area contributed by atoms with Crippen molar-refractivity contribution in [3.8, 4) is 0 Å². The van der Waals surface area contributed by atoms with Crippen molar-refractivity contribution in [1.29, 1.82) is 0 Å². The van der Waals surface area contributed by atoms with E-state index in [9.17, 15) is 22.8 Å². The minimum absolute atomic E-state index is 0.0168. The van der Waals surface area contributed by atoms with E-state index in [2.05, 4.69) is 46.5 Å². The van der Waals surface area contributed by atoms with Gasteiger partial charge in [-0.3, -0.25) is 14.5 Å². The lowest BCUT2D eigenvalue weighted by Crippen LogP contribution is -2.62. The van der Waals surface area contributed by atoms with Gasteiger partial charge in [0.15, 0.2) is 0 Å². The van der Waals surface area contributed by atoms with Gasteiger partial charge >= 0.3 is 12.1 Å². The van der Waals surface area contributed by atoms with Gasteiger partial charge in [0.05, 0.1) is 0 Å². The highest BCUT2D eigenvalue weighted by Crippen LogP contribution is 2.35. The first-order valence-corrected chi connectivity index (χ1v) is 18.1. The molecule has 3 aliphatic heterocycles. The average Bonchev–Trinajstić information content (AvgIpc) is 3.50. The van der Waals surface area contributed by atoms with Crippen LogP contribution >= 0.6 is 11.6 Å². The summed E-state index contributed by atoms with van der Waals surface area (Å²) in [6.45, 7) is 8.52. The van der Waals surface area contributed by atoms with Crippen LogP contribution in [0.25, 0.3) is 0 Å². The topological polar surface area (TPSA) is 105 Å². The first kappa shape index (κ1) is 39.6. The van der Waals surface area contributed by atoms with Gasteiger partial charge < -0.3 is 25.5 Å². The van der Waals surface area contributed by atoms with E-state index >= 15 is 0 Å². The molecule has 2 fully saturated rings. The lowest BCUT2D eigenvalue weighted by Gasteiger charge is -2.51. The van der Waals surface area contributed by atoms with Gasteiger partial charge in [-0.2, -0.15) is 13.2 Å². The largest absolute Gasteiger partial charge is 0.490 e. The molecule has 0 bridgehead atoms. The number of likely N-dealkylation sites (tertiary alicyclic amines) is 1. The number of carbonyl (C=O) groups excluding carboxylic acids is 2. The van der Waals surface area contributed by atoms with E-state index in [0.717, 1.165) is 38.3 Å². The molecule has 2 saturated heterocycles. The number of rotatable bonds is 12. The molecule has 50 heavy (non-hydrogen) atoms. The van der Waals surface area contributed by atoms with Crippen molar-refractivity contribution in [3.05, 3.63) is 70.2 Å². The summed E-state index contributed by atoms with van der Waals surface area (Å²) in [6.07, 6.45) is 4.50. The molecule has 5 rings (SSSR count). The predicted octanol–water partition coefficient (Wildman–Crippen LogP) is 5.81. The number of benzene rings is 2. The summed E-state index contributed by atoms with van der Waals surface area (Å²) < 4.78 is 31.7. The maximum Gasteiger partial charge on any atom is 0.490 e. The molecular formula is C37H51ClF3N5O4. The number of carbonyl (C=O) groups is 3. The molecule has 3 N–H and O–H groups in total. The van der Waals surface area contributed by atoms with E-state index in [4.69, 9.17) is 21.5 Å². The molecule has 3 heterocycles. The van der Waals surface area contributed by atoms with Crippen LogP contribution in [-0.2, 0) is 27.3 Å². The van der Waals surface area contributed by atoms with Crippen molar-refractivity contribution in [1.82, 2.24) is 25.3 Å². The Balaban J connectivity index is 0.000000727. The number of unbranched alkanes of at least 4 members (excludes halogenated alkanes) is 3. The summed E-state index contributed by atoms with van der Waals surface area (Å²) in [7, 11) is 2.23. The van der Waals surface area contributed by atoms with Gasteiger partial charge in [-0.1, -0.05) is 80.6 Å². The first-order valence-electron chi connectivity index (χ1n) is 17.7. The number of nitrogens with zero attached hydrogens (tertiary/aromatic N) is 3. The van der Waals surface area contributed by atoms with E-state index < -0.39 is 18.2 Å². The third kappa shape index (κ3) is 11.2. The summed E-state index contributed by atoms with van der Waals surface area (Å²) in [5.74, 6) is -2.84. The van der Waals surface area contributed by atoms with Crippen molar-refractivity contribution >= 4 is 29.4 Å². The van der Waals surface area contributed by atoms with Crippen LogP contribution in [0.4, 0.5) is 13.2 Å². The monoisotopic (exact) mass is 721 g/mol. The number of carboxylic acids is 1. The quantitative estimate of drug-likeness (QED) is 0.238. The van der Waals surface area contributed by atoms with Crippen LogP contribution < -0.4 is 10.6 Å². The Hall–Kier alpha value is -3.19. The Bertz CT molecular complexity index is 1410.